The molecule has 1 aliphatic heterocycles. The Morgan fingerprint density at radius 1 is 1.40 bits per heavy atom. The topological polar surface area (TPSA) is 51.1 Å². The lowest BCUT2D eigenvalue weighted by Gasteiger charge is -2.19. The smallest absolute Gasteiger partial charge is 0.263 e. The zero-order valence-electron chi connectivity index (χ0n) is 11.9. The molecule has 0 radical (unpaired) electrons. The number of ether oxygens (including phenoxy) is 2. The molecule has 0 bridgehead atoms. The summed E-state index contributed by atoms with van der Waals surface area (Å²) in [7, 11) is 3.13. The van der Waals surface area contributed by atoms with Crippen molar-refractivity contribution in [2.45, 2.75) is 6.92 Å². The fraction of sp³-hybridized carbons (Fsp3) is 0.429. The number of amides is 1. The maximum atomic E-state index is 12.6. The van der Waals surface area contributed by atoms with E-state index in [9.17, 15) is 4.79 Å². The van der Waals surface area contributed by atoms with Crippen LogP contribution in [0.1, 0.15) is 17.3 Å². The molecule has 0 fully saturated rings. The minimum Gasteiger partial charge on any atom is -0.497 e. The van der Waals surface area contributed by atoms with E-state index in [1.165, 1.54) is 0 Å². The number of carbonyl (C=O) groups excluding carboxylic acids is 1. The zero-order chi connectivity index (χ0) is 14.5. The minimum absolute atomic E-state index is 0.0818. The highest BCUT2D eigenvalue weighted by atomic mass is 32.2. The molecule has 1 aromatic rings. The summed E-state index contributed by atoms with van der Waals surface area (Å²) in [5, 5.41) is 0.787. The van der Waals surface area contributed by atoms with Crippen molar-refractivity contribution >= 4 is 22.8 Å². The van der Waals surface area contributed by atoms with Gasteiger partial charge in [0.25, 0.3) is 5.91 Å². The first-order valence-electron chi connectivity index (χ1n) is 6.42. The van der Waals surface area contributed by atoms with E-state index in [4.69, 9.17) is 9.47 Å². The van der Waals surface area contributed by atoms with E-state index < -0.39 is 0 Å². The molecule has 6 heteroatoms. The maximum absolute atomic E-state index is 12.6. The van der Waals surface area contributed by atoms with Crippen LogP contribution in [0, 0.1) is 0 Å². The highest BCUT2D eigenvalue weighted by molar-refractivity contribution is 8.13. The van der Waals surface area contributed by atoms with Gasteiger partial charge in [0.2, 0.25) is 0 Å². The Balaban J connectivity index is 2.27. The number of amidine groups is 1. The fourth-order valence-corrected chi connectivity index (χ4v) is 2.76. The number of carbonyl (C=O) groups is 1. The highest BCUT2D eigenvalue weighted by Crippen LogP contribution is 2.27. The van der Waals surface area contributed by atoms with E-state index in [2.05, 4.69) is 4.99 Å². The van der Waals surface area contributed by atoms with Crippen molar-refractivity contribution in [2.75, 3.05) is 33.1 Å². The number of hydrogen-bond donors (Lipinski definition) is 0. The van der Waals surface area contributed by atoms with Gasteiger partial charge in [0, 0.05) is 12.6 Å². The molecule has 1 amide bonds. The van der Waals surface area contributed by atoms with Crippen LogP contribution in [0.3, 0.4) is 0 Å². The lowest BCUT2D eigenvalue weighted by Crippen LogP contribution is -2.33. The molecule has 0 unspecified atom stereocenters. The second-order valence-corrected chi connectivity index (χ2v) is 5.35. The summed E-state index contributed by atoms with van der Waals surface area (Å²) in [4.78, 5) is 18.7. The van der Waals surface area contributed by atoms with E-state index in [1.807, 2.05) is 6.92 Å². The Hall–Kier alpha value is -1.69. The Morgan fingerprint density at radius 2 is 2.20 bits per heavy atom. The monoisotopic (exact) mass is 294 g/mol. The molecular formula is C14H18N2O3S. The van der Waals surface area contributed by atoms with Crippen LogP contribution in [-0.2, 0) is 0 Å². The number of aliphatic imine (C=N–C) groups is 1. The van der Waals surface area contributed by atoms with Crippen LogP contribution in [0.15, 0.2) is 23.2 Å². The molecule has 0 aromatic heterocycles. The molecule has 0 spiro atoms. The molecule has 5 nitrogen and oxygen atoms in total. The third kappa shape index (κ3) is 2.90. The first-order chi connectivity index (χ1) is 9.71. The molecule has 1 aliphatic rings. The molecule has 0 saturated heterocycles. The maximum Gasteiger partial charge on any atom is 0.263 e. The quantitative estimate of drug-likeness (QED) is 0.855. The van der Waals surface area contributed by atoms with Crippen LogP contribution in [0.5, 0.6) is 11.5 Å². The van der Waals surface area contributed by atoms with Gasteiger partial charge < -0.3 is 9.47 Å². The molecule has 1 aromatic carbocycles. The summed E-state index contributed by atoms with van der Waals surface area (Å²) in [6.45, 7) is 3.32. The van der Waals surface area contributed by atoms with Gasteiger partial charge in [-0.05, 0) is 17.9 Å². The molecule has 2 rings (SSSR count). The van der Waals surface area contributed by atoms with Crippen molar-refractivity contribution in [2.24, 2.45) is 4.99 Å². The van der Waals surface area contributed by atoms with Gasteiger partial charge in [0.05, 0.1) is 26.3 Å². The summed E-state index contributed by atoms with van der Waals surface area (Å²) < 4.78 is 10.4. The van der Waals surface area contributed by atoms with E-state index >= 15 is 0 Å². The van der Waals surface area contributed by atoms with Crippen molar-refractivity contribution in [1.82, 2.24) is 4.90 Å². The van der Waals surface area contributed by atoms with E-state index in [0.29, 0.717) is 30.2 Å². The van der Waals surface area contributed by atoms with Crippen LogP contribution in [0.2, 0.25) is 0 Å². The van der Waals surface area contributed by atoms with E-state index in [0.717, 1.165) is 10.9 Å². The third-order valence-corrected chi connectivity index (χ3v) is 3.86. The predicted octanol–water partition coefficient (Wildman–Crippen LogP) is 2.27. The number of hydrogen-bond acceptors (Lipinski definition) is 5. The molecule has 0 saturated carbocycles. The van der Waals surface area contributed by atoms with Gasteiger partial charge in [0.1, 0.15) is 11.5 Å². The molecular weight excluding hydrogens is 276 g/mol. The van der Waals surface area contributed by atoms with Crippen LogP contribution in [0.4, 0.5) is 0 Å². The van der Waals surface area contributed by atoms with Crippen LogP contribution < -0.4 is 9.47 Å². The largest absolute Gasteiger partial charge is 0.497 e. The summed E-state index contributed by atoms with van der Waals surface area (Å²) in [6.07, 6.45) is 0. The van der Waals surface area contributed by atoms with Crippen molar-refractivity contribution in [1.29, 1.82) is 0 Å². The normalized spacial score (nSPS) is 14.2. The zero-order valence-corrected chi connectivity index (χ0v) is 12.7. The van der Waals surface area contributed by atoms with Gasteiger partial charge in [-0.3, -0.25) is 14.7 Å². The van der Waals surface area contributed by atoms with E-state index in [1.54, 1.807) is 49.1 Å². The van der Waals surface area contributed by atoms with Crippen LogP contribution >= 0.6 is 11.8 Å². The van der Waals surface area contributed by atoms with Gasteiger partial charge in [-0.25, -0.2) is 0 Å². The van der Waals surface area contributed by atoms with E-state index in [-0.39, 0.29) is 5.91 Å². The Bertz CT molecular complexity index is 531. The Morgan fingerprint density at radius 3 is 2.85 bits per heavy atom. The summed E-state index contributed by atoms with van der Waals surface area (Å²) in [5.74, 6) is 1.99. The lowest BCUT2D eigenvalue weighted by molar-refractivity contribution is 0.0857. The molecule has 0 atom stereocenters. The first kappa shape index (κ1) is 14.7. The number of methoxy groups -OCH3 is 2. The molecule has 20 heavy (non-hydrogen) atoms. The van der Waals surface area contributed by atoms with Gasteiger partial charge in [0.15, 0.2) is 5.17 Å². The molecule has 108 valence electrons. The second kappa shape index (κ2) is 6.65. The average Bonchev–Trinajstić information content (AvgIpc) is 2.94. The standard InChI is InChI=1S/C14H18N2O3S/c1-4-20-14-15-7-8-16(14)13(17)11-6-5-10(18-2)9-12(11)19-3/h5-6,9H,4,7-8H2,1-3H3. The molecule has 0 aliphatic carbocycles. The van der Waals surface area contributed by atoms with Crippen molar-refractivity contribution in [3.8, 4) is 11.5 Å². The van der Waals surface area contributed by atoms with Gasteiger partial charge in [-0.1, -0.05) is 18.7 Å². The number of benzene rings is 1. The predicted molar refractivity (Wildman–Crippen MR) is 81.0 cm³/mol. The SMILES string of the molecule is CCSC1=NCCN1C(=O)c1ccc(OC)cc1OC. The van der Waals surface area contributed by atoms with Crippen molar-refractivity contribution < 1.29 is 14.3 Å². The van der Waals surface area contributed by atoms with Crippen molar-refractivity contribution in [3.63, 3.8) is 0 Å². The lowest BCUT2D eigenvalue weighted by atomic mass is 10.1. The summed E-state index contributed by atoms with van der Waals surface area (Å²) >= 11 is 1.58. The number of nitrogens with zero attached hydrogens (tertiary/aromatic N) is 2. The number of rotatable bonds is 4. The summed E-state index contributed by atoms with van der Waals surface area (Å²) in [5.41, 5.74) is 0.527. The third-order valence-electron chi connectivity index (χ3n) is 2.96. The molecule has 0 N–H and O–H groups in total. The Labute approximate surface area is 123 Å². The minimum atomic E-state index is -0.0818. The van der Waals surface area contributed by atoms with Crippen LogP contribution in [-0.4, -0.2) is 49.0 Å². The van der Waals surface area contributed by atoms with Gasteiger partial charge in [-0.2, -0.15) is 0 Å². The van der Waals surface area contributed by atoms with Crippen LogP contribution in [0.25, 0.3) is 0 Å². The van der Waals surface area contributed by atoms with Crippen molar-refractivity contribution in [3.05, 3.63) is 23.8 Å². The average molecular weight is 294 g/mol. The van der Waals surface area contributed by atoms with Gasteiger partial charge in [-0.15, -0.1) is 0 Å². The first-order valence-corrected chi connectivity index (χ1v) is 7.41. The fourth-order valence-electron chi connectivity index (χ4n) is 1.99. The summed E-state index contributed by atoms with van der Waals surface area (Å²) in [6, 6.07) is 5.20. The molecule has 1 heterocycles. The highest BCUT2D eigenvalue weighted by Gasteiger charge is 2.27. The second-order valence-electron chi connectivity index (χ2n) is 4.12. The van der Waals surface area contributed by atoms with Gasteiger partial charge >= 0.3 is 0 Å². The Kier molecular flexibility index (Phi) is 4.89. The number of thioether (sulfide) groups is 1.